The van der Waals surface area contributed by atoms with Crippen molar-refractivity contribution in [1.29, 1.82) is 0 Å². The van der Waals surface area contributed by atoms with E-state index in [1.165, 1.54) is 5.56 Å². The summed E-state index contributed by atoms with van der Waals surface area (Å²) in [6, 6.07) is 4.29. The normalized spacial score (nSPS) is 14.4. The van der Waals surface area contributed by atoms with E-state index in [2.05, 4.69) is 32.0 Å². The Labute approximate surface area is 128 Å². The van der Waals surface area contributed by atoms with Crippen LogP contribution in [0.5, 0.6) is 0 Å². The van der Waals surface area contributed by atoms with Crippen LogP contribution in [0.1, 0.15) is 30.9 Å². The molecule has 2 heterocycles. The van der Waals surface area contributed by atoms with Crippen LogP contribution in [-0.2, 0) is 13.1 Å². The summed E-state index contributed by atoms with van der Waals surface area (Å²) in [4.78, 5) is 6.43. The highest BCUT2D eigenvalue weighted by Crippen LogP contribution is 2.34. The average Bonchev–Trinajstić information content (AvgIpc) is 3.21. The predicted octanol–water partition coefficient (Wildman–Crippen LogP) is 3.56. The fraction of sp³-hybridized carbons (Fsp3) is 0.438. The Hall–Kier alpha value is -1.46. The second-order valence-corrected chi connectivity index (χ2v) is 6.16. The van der Waals surface area contributed by atoms with Crippen LogP contribution >= 0.6 is 11.3 Å². The Morgan fingerprint density at radius 3 is 2.95 bits per heavy atom. The van der Waals surface area contributed by atoms with Gasteiger partial charge in [0.05, 0.1) is 0 Å². The van der Waals surface area contributed by atoms with Crippen molar-refractivity contribution >= 4 is 17.2 Å². The van der Waals surface area contributed by atoms with Gasteiger partial charge in [-0.25, -0.2) is 9.37 Å². The maximum atomic E-state index is 14.7. The molecule has 1 fully saturated rings. The summed E-state index contributed by atoms with van der Waals surface area (Å²) in [5, 5.41) is 7.36. The minimum atomic E-state index is -0.180. The number of pyridine rings is 1. The molecule has 2 aromatic rings. The number of rotatable bonds is 7. The van der Waals surface area contributed by atoms with Gasteiger partial charge in [0, 0.05) is 30.9 Å². The molecule has 3 rings (SSSR count). The molecule has 112 valence electrons. The first-order valence-electron chi connectivity index (χ1n) is 7.41. The lowest BCUT2D eigenvalue weighted by Gasteiger charge is -2.24. The first-order chi connectivity index (χ1) is 10.3. The van der Waals surface area contributed by atoms with Crippen molar-refractivity contribution in [1.82, 2.24) is 10.3 Å². The first-order valence-corrected chi connectivity index (χ1v) is 8.35. The molecule has 2 aromatic heterocycles. The molecule has 1 N–H and O–H groups in total. The van der Waals surface area contributed by atoms with Crippen LogP contribution in [0.2, 0.25) is 0 Å². The molecule has 0 atom stereocenters. The smallest absolute Gasteiger partial charge is 0.170 e. The number of halogens is 1. The van der Waals surface area contributed by atoms with Crippen LogP contribution in [-0.4, -0.2) is 17.6 Å². The van der Waals surface area contributed by atoms with Gasteiger partial charge in [0.25, 0.3) is 0 Å². The number of aromatic nitrogens is 1. The van der Waals surface area contributed by atoms with E-state index in [-0.39, 0.29) is 5.82 Å². The van der Waals surface area contributed by atoms with Gasteiger partial charge in [0.1, 0.15) is 0 Å². The van der Waals surface area contributed by atoms with Crippen molar-refractivity contribution in [3.8, 4) is 0 Å². The van der Waals surface area contributed by atoms with Gasteiger partial charge in [-0.15, -0.1) is 0 Å². The van der Waals surface area contributed by atoms with Crippen LogP contribution in [0.3, 0.4) is 0 Å². The second kappa shape index (κ2) is 6.54. The molecule has 0 aliphatic heterocycles. The maximum Gasteiger partial charge on any atom is 0.170 e. The summed E-state index contributed by atoms with van der Waals surface area (Å²) in [6.07, 6.45) is 3.97. The molecule has 0 bridgehead atoms. The number of nitrogens with zero attached hydrogens (tertiary/aromatic N) is 2. The number of thiophene rings is 1. The van der Waals surface area contributed by atoms with Crippen molar-refractivity contribution in [2.75, 3.05) is 11.4 Å². The van der Waals surface area contributed by atoms with Crippen LogP contribution in [0.25, 0.3) is 0 Å². The molecule has 21 heavy (non-hydrogen) atoms. The molecule has 1 aliphatic rings. The third-order valence-corrected chi connectivity index (χ3v) is 4.44. The summed E-state index contributed by atoms with van der Waals surface area (Å²) < 4.78 is 14.7. The molecule has 5 heteroatoms. The van der Waals surface area contributed by atoms with Crippen LogP contribution in [0.4, 0.5) is 10.2 Å². The van der Waals surface area contributed by atoms with Crippen molar-refractivity contribution in [3.05, 3.63) is 46.0 Å². The Bertz CT molecular complexity index is 581. The largest absolute Gasteiger partial charge is 0.347 e. The topological polar surface area (TPSA) is 28.2 Å². The SMILES string of the molecule is CCNCc1ccnc(N(Cc2ccsc2)C2CC2)c1F. The highest BCUT2D eigenvalue weighted by molar-refractivity contribution is 7.07. The highest BCUT2D eigenvalue weighted by Gasteiger charge is 2.32. The third kappa shape index (κ3) is 3.41. The fourth-order valence-electron chi connectivity index (χ4n) is 2.41. The summed E-state index contributed by atoms with van der Waals surface area (Å²) >= 11 is 1.68. The van der Waals surface area contributed by atoms with Gasteiger partial charge in [0.15, 0.2) is 11.6 Å². The Morgan fingerprint density at radius 1 is 1.43 bits per heavy atom. The average molecular weight is 305 g/mol. The molecule has 0 radical (unpaired) electrons. The number of hydrogen-bond acceptors (Lipinski definition) is 4. The van der Waals surface area contributed by atoms with E-state index in [0.29, 0.717) is 24.0 Å². The summed E-state index contributed by atoms with van der Waals surface area (Å²) in [7, 11) is 0. The number of hydrogen-bond donors (Lipinski definition) is 1. The Balaban J connectivity index is 1.85. The number of anilines is 1. The quantitative estimate of drug-likeness (QED) is 0.848. The maximum absolute atomic E-state index is 14.7. The molecular formula is C16H20FN3S. The van der Waals surface area contributed by atoms with Crippen LogP contribution in [0, 0.1) is 5.82 Å². The van der Waals surface area contributed by atoms with Gasteiger partial charge >= 0.3 is 0 Å². The lowest BCUT2D eigenvalue weighted by atomic mass is 10.2. The fourth-order valence-corrected chi connectivity index (χ4v) is 3.07. The molecule has 0 spiro atoms. The monoisotopic (exact) mass is 305 g/mol. The standard InChI is InChI=1S/C16H20FN3S/c1-2-18-9-13-5-7-19-16(15(13)17)20(14-3-4-14)10-12-6-8-21-11-12/h5-8,11,14,18H,2-4,9-10H2,1H3. The van der Waals surface area contributed by atoms with Gasteiger partial charge in [-0.3, -0.25) is 0 Å². The minimum absolute atomic E-state index is 0.180. The molecular weight excluding hydrogens is 285 g/mol. The molecule has 0 amide bonds. The van der Waals surface area contributed by atoms with Crippen molar-refractivity contribution in [2.24, 2.45) is 0 Å². The zero-order valence-corrected chi connectivity index (χ0v) is 13.0. The van der Waals surface area contributed by atoms with Crippen molar-refractivity contribution in [3.63, 3.8) is 0 Å². The lowest BCUT2D eigenvalue weighted by molar-refractivity contribution is 0.577. The van der Waals surface area contributed by atoms with E-state index < -0.39 is 0 Å². The molecule has 0 unspecified atom stereocenters. The Kier molecular flexibility index (Phi) is 4.51. The van der Waals surface area contributed by atoms with E-state index in [9.17, 15) is 4.39 Å². The summed E-state index contributed by atoms with van der Waals surface area (Å²) in [6.45, 7) is 4.14. The Morgan fingerprint density at radius 2 is 2.29 bits per heavy atom. The van der Waals surface area contributed by atoms with E-state index in [1.807, 2.05) is 6.92 Å². The lowest BCUT2D eigenvalue weighted by Crippen LogP contribution is -2.27. The highest BCUT2D eigenvalue weighted by atomic mass is 32.1. The zero-order chi connectivity index (χ0) is 14.7. The van der Waals surface area contributed by atoms with E-state index in [4.69, 9.17) is 0 Å². The number of nitrogens with one attached hydrogen (secondary N) is 1. The molecule has 3 nitrogen and oxygen atoms in total. The van der Waals surface area contributed by atoms with Gasteiger partial charge < -0.3 is 10.2 Å². The molecule has 0 aromatic carbocycles. The molecule has 0 saturated heterocycles. The van der Waals surface area contributed by atoms with Gasteiger partial charge in [0.2, 0.25) is 0 Å². The van der Waals surface area contributed by atoms with Crippen LogP contribution in [0.15, 0.2) is 29.1 Å². The molecule has 1 saturated carbocycles. The van der Waals surface area contributed by atoms with Gasteiger partial charge in [-0.2, -0.15) is 11.3 Å². The second-order valence-electron chi connectivity index (χ2n) is 5.38. The summed E-state index contributed by atoms with van der Waals surface area (Å²) in [5.41, 5.74) is 1.92. The van der Waals surface area contributed by atoms with Gasteiger partial charge in [-0.1, -0.05) is 6.92 Å². The summed E-state index contributed by atoms with van der Waals surface area (Å²) in [5.74, 6) is 0.319. The first kappa shape index (κ1) is 14.5. The predicted molar refractivity (Wildman–Crippen MR) is 85.1 cm³/mol. The van der Waals surface area contributed by atoms with E-state index in [0.717, 1.165) is 25.9 Å². The van der Waals surface area contributed by atoms with E-state index in [1.54, 1.807) is 23.6 Å². The van der Waals surface area contributed by atoms with E-state index >= 15 is 0 Å². The van der Waals surface area contributed by atoms with Crippen LogP contribution < -0.4 is 10.2 Å². The van der Waals surface area contributed by atoms with Gasteiger partial charge in [-0.05, 0) is 47.8 Å². The van der Waals surface area contributed by atoms with Crippen molar-refractivity contribution in [2.45, 2.75) is 38.9 Å². The molecule has 1 aliphatic carbocycles. The zero-order valence-electron chi connectivity index (χ0n) is 12.2. The minimum Gasteiger partial charge on any atom is -0.347 e. The van der Waals surface area contributed by atoms with Crippen molar-refractivity contribution < 1.29 is 4.39 Å². The third-order valence-electron chi connectivity index (χ3n) is 3.71.